The molecule has 0 aliphatic heterocycles. The molecular formula is C15H30N2O3S. The summed E-state index contributed by atoms with van der Waals surface area (Å²) in [6.45, 7) is 8.97. The first-order valence-electron chi connectivity index (χ1n) is 7.71. The molecular weight excluding hydrogens is 288 g/mol. The van der Waals surface area contributed by atoms with Gasteiger partial charge in [0.05, 0.1) is 0 Å². The van der Waals surface area contributed by atoms with Crippen LogP contribution in [0, 0.1) is 5.92 Å². The first-order valence-corrected chi connectivity index (χ1v) is 9.33. The maximum absolute atomic E-state index is 11.7. The molecule has 4 atom stereocenters. The number of ether oxygens (including phenoxy) is 1. The second-order valence-electron chi connectivity index (χ2n) is 6.90. The molecule has 6 heteroatoms. The van der Waals surface area contributed by atoms with Crippen LogP contribution >= 0.6 is 0 Å². The molecule has 5 nitrogen and oxygen atoms in total. The Morgan fingerprint density at radius 1 is 1.38 bits per heavy atom. The molecule has 0 spiro atoms. The Balaban J connectivity index is 2.33. The van der Waals surface area contributed by atoms with Crippen molar-refractivity contribution in [2.75, 3.05) is 19.3 Å². The number of alkyl carbamates (subject to hydrolysis) is 1. The average molecular weight is 318 g/mol. The zero-order valence-corrected chi connectivity index (χ0v) is 14.7. The van der Waals surface area contributed by atoms with Crippen molar-refractivity contribution in [1.82, 2.24) is 10.6 Å². The number of nitrogens with one attached hydrogen (secondary N) is 2. The van der Waals surface area contributed by atoms with E-state index in [1.807, 2.05) is 27.7 Å². The minimum atomic E-state index is -0.796. The van der Waals surface area contributed by atoms with Gasteiger partial charge in [-0.25, -0.2) is 4.79 Å². The standard InChI is InChI=1S/C15H30N2O3S/c1-11(21(5)19)9-16-13-8-6-7-12(13)10-17-14(18)20-15(2,3)4/h11-13,16H,6-10H2,1-5H3,(H,17,18). The van der Waals surface area contributed by atoms with Crippen molar-refractivity contribution in [2.45, 2.75) is 63.9 Å². The molecule has 0 bridgehead atoms. The fraction of sp³-hybridized carbons (Fsp3) is 0.933. The first-order chi connectivity index (χ1) is 9.69. The Morgan fingerprint density at radius 3 is 2.62 bits per heavy atom. The number of rotatable bonds is 6. The highest BCUT2D eigenvalue weighted by atomic mass is 32.2. The SMILES string of the molecule is CC(CNC1CCCC1CNC(=O)OC(C)(C)C)S(C)=O. The third kappa shape index (κ3) is 7.27. The molecule has 21 heavy (non-hydrogen) atoms. The molecule has 2 N–H and O–H groups in total. The monoisotopic (exact) mass is 318 g/mol. The minimum Gasteiger partial charge on any atom is -0.444 e. The van der Waals surface area contributed by atoms with Crippen molar-refractivity contribution in [1.29, 1.82) is 0 Å². The number of amides is 1. The lowest BCUT2D eigenvalue weighted by Gasteiger charge is -2.24. The van der Waals surface area contributed by atoms with Crippen molar-refractivity contribution in [2.24, 2.45) is 5.92 Å². The fourth-order valence-corrected chi connectivity index (χ4v) is 2.84. The predicted octanol–water partition coefficient (Wildman–Crippen LogP) is 2.04. The van der Waals surface area contributed by atoms with E-state index in [-0.39, 0.29) is 11.3 Å². The molecule has 0 heterocycles. The van der Waals surface area contributed by atoms with Crippen LogP contribution in [0.5, 0.6) is 0 Å². The van der Waals surface area contributed by atoms with Crippen LogP contribution in [-0.4, -0.2) is 46.5 Å². The van der Waals surface area contributed by atoms with Gasteiger partial charge in [0.15, 0.2) is 0 Å². The number of hydrogen-bond donors (Lipinski definition) is 2. The molecule has 0 radical (unpaired) electrons. The third-order valence-corrected chi connectivity index (χ3v) is 5.10. The molecule has 124 valence electrons. The van der Waals surface area contributed by atoms with E-state index < -0.39 is 16.4 Å². The van der Waals surface area contributed by atoms with Gasteiger partial charge in [0, 0.05) is 41.4 Å². The van der Waals surface area contributed by atoms with E-state index in [4.69, 9.17) is 4.74 Å². The van der Waals surface area contributed by atoms with E-state index in [0.29, 0.717) is 18.5 Å². The van der Waals surface area contributed by atoms with Crippen LogP contribution < -0.4 is 10.6 Å². The van der Waals surface area contributed by atoms with Crippen LogP contribution in [0.1, 0.15) is 47.0 Å². The molecule has 1 aliphatic rings. The zero-order chi connectivity index (χ0) is 16.0. The average Bonchev–Trinajstić information content (AvgIpc) is 2.78. The zero-order valence-electron chi connectivity index (χ0n) is 13.9. The van der Waals surface area contributed by atoms with Crippen molar-refractivity contribution < 1.29 is 13.7 Å². The van der Waals surface area contributed by atoms with Gasteiger partial charge in [-0.2, -0.15) is 0 Å². The smallest absolute Gasteiger partial charge is 0.407 e. The maximum atomic E-state index is 11.7. The molecule has 0 aromatic rings. The van der Waals surface area contributed by atoms with Gasteiger partial charge in [-0.3, -0.25) is 4.21 Å². The first kappa shape index (κ1) is 18.4. The Morgan fingerprint density at radius 2 is 2.05 bits per heavy atom. The quantitative estimate of drug-likeness (QED) is 0.786. The van der Waals surface area contributed by atoms with Gasteiger partial charge >= 0.3 is 6.09 Å². The van der Waals surface area contributed by atoms with Crippen molar-refractivity contribution in [3.63, 3.8) is 0 Å². The van der Waals surface area contributed by atoms with Crippen LogP contribution in [0.3, 0.4) is 0 Å². The number of carbonyl (C=O) groups is 1. The topological polar surface area (TPSA) is 67.4 Å². The molecule has 0 saturated heterocycles. The van der Waals surface area contributed by atoms with Crippen LogP contribution in [-0.2, 0) is 15.5 Å². The molecule has 4 unspecified atom stereocenters. The van der Waals surface area contributed by atoms with Gasteiger partial charge in [-0.1, -0.05) is 6.42 Å². The minimum absolute atomic E-state index is 0.157. The van der Waals surface area contributed by atoms with E-state index in [1.54, 1.807) is 6.26 Å². The molecule has 1 rings (SSSR count). The summed E-state index contributed by atoms with van der Waals surface area (Å²) in [5.41, 5.74) is -0.460. The summed E-state index contributed by atoms with van der Waals surface area (Å²) in [4.78, 5) is 11.7. The highest BCUT2D eigenvalue weighted by molar-refractivity contribution is 7.84. The molecule has 0 aromatic carbocycles. The number of carbonyl (C=O) groups excluding carboxylic acids is 1. The van der Waals surface area contributed by atoms with E-state index in [2.05, 4.69) is 10.6 Å². The lowest BCUT2D eigenvalue weighted by atomic mass is 10.0. The highest BCUT2D eigenvalue weighted by Crippen LogP contribution is 2.25. The molecule has 0 aromatic heterocycles. The van der Waals surface area contributed by atoms with Crippen molar-refractivity contribution in [3.05, 3.63) is 0 Å². The lowest BCUT2D eigenvalue weighted by Crippen LogP contribution is -2.43. The summed E-state index contributed by atoms with van der Waals surface area (Å²) < 4.78 is 16.6. The van der Waals surface area contributed by atoms with E-state index in [0.717, 1.165) is 19.4 Å². The molecule has 1 saturated carbocycles. The van der Waals surface area contributed by atoms with E-state index in [1.165, 1.54) is 6.42 Å². The second-order valence-corrected chi connectivity index (χ2v) is 8.70. The van der Waals surface area contributed by atoms with Gasteiger partial charge in [0.1, 0.15) is 5.60 Å². The van der Waals surface area contributed by atoms with Gasteiger partial charge in [-0.05, 0) is 46.5 Å². The second kappa shape index (κ2) is 8.13. The summed E-state index contributed by atoms with van der Waals surface area (Å²) in [7, 11) is -0.796. The lowest BCUT2D eigenvalue weighted by molar-refractivity contribution is 0.0517. The van der Waals surface area contributed by atoms with Crippen molar-refractivity contribution >= 4 is 16.9 Å². The predicted molar refractivity (Wildman–Crippen MR) is 86.9 cm³/mol. The van der Waals surface area contributed by atoms with Crippen LogP contribution in [0.2, 0.25) is 0 Å². The van der Waals surface area contributed by atoms with Crippen LogP contribution in [0.4, 0.5) is 4.79 Å². The molecule has 1 fully saturated rings. The number of hydrogen-bond acceptors (Lipinski definition) is 4. The molecule has 1 amide bonds. The Kier molecular flexibility index (Phi) is 7.13. The maximum Gasteiger partial charge on any atom is 0.407 e. The van der Waals surface area contributed by atoms with Gasteiger partial charge in [0.2, 0.25) is 0 Å². The van der Waals surface area contributed by atoms with Gasteiger partial charge in [-0.15, -0.1) is 0 Å². The largest absolute Gasteiger partial charge is 0.444 e. The fourth-order valence-electron chi connectivity index (χ4n) is 2.51. The summed E-state index contributed by atoms with van der Waals surface area (Å²) in [6.07, 6.45) is 4.78. The van der Waals surface area contributed by atoms with E-state index >= 15 is 0 Å². The highest BCUT2D eigenvalue weighted by Gasteiger charge is 2.28. The summed E-state index contributed by atoms with van der Waals surface area (Å²) >= 11 is 0. The van der Waals surface area contributed by atoms with Crippen molar-refractivity contribution in [3.8, 4) is 0 Å². The Hall–Kier alpha value is -0.620. The van der Waals surface area contributed by atoms with Gasteiger partial charge < -0.3 is 15.4 Å². The summed E-state index contributed by atoms with van der Waals surface area (Å²) in [5.74, 6) is 0.426. The van der Waals surface area contributed by atoms with E-state index in [9.17, 15) is 9.00 Å². The Labute approximate surface area is 131 Å². The van der Waals surface area contributed by atoms with Crippen LogP contribution in [0.25, 0.3) is 0 Å². The Bertz CT molecular complexity index is 368. The van der Waals surface area contributed by atoms with Gasteiger partial charge in [0.25, 0.3) is 0 Å². The summed E-state index contributed by atoms with van der Waals surface area (Å²) in [6, 6.07) is 0.394. The van der Waals surface area contributed by atoms with Crippen LogP contribution in [0.15, 0.2) is 0 Å². The summed E-state index contributed by atoms with van der Waals surface area (Å²) in [5, 5.41) is 6.52. The normalized spacial score (nSPS) is 25.4. The molecule has 1 aliphatic carbocycles. The third-order valence-electron chi connectivity index (χ3n) is 3.80.